The van der Waals surface area contributed by atoms with Gasteiger partial charge in [0, 0.05) is 36.4 Å². The molecule has 5 rings (SSSR count). The predicted molar refractivity (Wildman–Crippen MR) is 109 cm³/mol. The number of hydrogen-bond donors (Lipinski definition) is 1. The maximum atomic E-state index is 12.9. The Hall–Kier alpha value is -1.84. The van der Waals surface area contributed by atoms with Gasteiger partial charge in [-0.25, -0.2) is 0 Å². The van der Waals surface area contributed by atoms with Crippen LogP contribution in [0.15, 0.2) is 24.3 Å². The molecule has 28 heavy (non-hydrogen) atoms. The summed E-state index contributed by atoms with van der Waals surface area (Å²) in [5.74, 6) is 1.85. The normalized spacial score (nSPS) is 33.2. The second-order valence-corrected chi connectivity index (χ2v) is 10.4. The third-order valence-electron chi connectivity index (χ3n) is 7.97. The summed E-state index contributed by atoms with van der Waals surface area (Å²) in [6.45, 7) is 6.41. The predicted octanol–water partition coefficient (Wildman–Crippen LogP) is 3.96. The first-order chi connectivity index (χ1) is 13.4. The van der Waals surface area contributed by atoms with Gasteiger partial charge in [-0.3, -0.25) is 9.59 Å². The molecule has 0 aromatic heterocycles. The molecule has 4 fully saturated rings. The molecular formula is C24H32N2O2. The number of benzene rings is 1. The maximum Gasteiger partial charge on any atom is 0.225 e. The van der Waals surface area contributed by atoms with Gasteiger partial charge in [0.2, 0.25) is 11.8 Å². The molecule has 2 aliphatic heterocycles. The second kappa shape index (κ2) is 6.33. The van der Waals surface area contributed by atoms with E-state index in [0.717, 1.165) is 32.4 Å². The first-order valence-corrected chi connectivity index (χ1v) is 11.1. The van der Waals surface area contributed by atoms with Gasteiger partial charge >= 0.3 is 0 Å². The number of hydrogen-bond acceptors (Lipinski definition) is 2. The van der Waals surface area contributed by atoms with Gasteiger partial charge in [-0.1, -0.05) is 38.1 Å². The summed E-state index contributed by atoms with van der Waals surface area (Å²) in [7, 11) is 0. The van der Waals surface area contributed by atoms with Crippen molar-refractivity contribution in [1.29, 1.82) is 0 Å². The van der Waals surface area contributed by atoms with Gasteiger partial charge in [-0.2, -0.15) is 0 Å². The van der Waals surface area contributed by atoms with Gasteiger partial charge in [-0.15, -0.1) is 0 Å². The van der Waals surface area contributed by atoms with Crippen molar-refractivity contribution >= 4 is 11.8 Å². The Morgan fingerprint density at radius 1 is 1.18 bits per heavy atom. The summed E-state index contributed by atoms with van der Waals surface area (Å²) < 4.78 is 0. The molecule has 0 bridgehead atoms. The highest BCUT2D eigenvalue weighted by Gasteiger charge is 2.55. The van der Waals surface area contributed by atoms with E-state index < -0.39 is 0 Å². The van der Waals surface area contributed by atoms with E-state index in [0.29, 0.717) is 29.6 Å². The third kappa shape index (κ3) is 2.96. The molecule has 2 spiro atoms. The number of likely N-dealkylation sites (tertiary alicyclic amines) is 1. The summed E-state index contributed by atoms with van der Waals surface area (Å²) in [5, 5.41) is 3.10. The van der Waals surface area contributed by atoms with E-state index >= 15 is 0 Å². The SMILES string of the molecule is CC(C)c1cccc([C@@H]2CCC3(C2)CN(C(=O)C2CC4(CCC(=O)N4)C2)C3)c1. The van der Waals surface area contributed by atoms with E-state index in [-0.39, 0.29) is 17.4 Å². The van der Waals surface area contributed by atoms with Gasteiger partial charge in [0.15, 0.2) is 0 Å². The standard InChI is InChI=1S/C24H32N2O2/c1-16(2)17-4-3-5-18(10-17)19-6-8-23(11-19)14-26(15-23)22(28)20-12-24(13-20)9-7-21(27)25-24/h3-5,10,16,19-20H,6-9,11-15H2,1-2H3,(H,25,27)/t19-,20?,24?/m1/s1. The summed E-state index contributed by atoms with van der Waals surface area (Å²) in [4.78, 5) is 26.5. The van der Waals surface area contributed by atoms with Crippen molar-refractivity contribution in [2.75, 3.05) is 13.1 Å². The highest BCUT2D eigenvalue weighted by atomic mass is 16.2. The van der Waals surface area contributed by atoms with Crippen LogP contribution in [0.1, 0.15) is 81.8 Å². The topological polar surface area (TPSA) is 49.4 Å². The molecule has 2 amide bonds. The average molecular weight is 381 g/mol. The maximum absolute atomic E-state index is 12.9. The molecule has 1 aromatic carbocycles. The van der Waals surface area contributed by atoms with E-state index in [4.69, 9.17) is 0 Å². The minimum atomic E-state index is -0.0418. The van der Waals surface area contributed by atoms with Crippen LogP contribution in [0.4, 0.5) is 0 Å². The molecule has 2 aliphatic carbocycles. The zero-order chi connectivity index (χ0) is 19.5. The highest BCUT2D eigenvalue weighted by Crippen LogP contribution is 2.53. The van der Waals surface area contributed by atoms with Crippen LogP contribution in [0.2, 0.25) is 0 Å². The fourth-order valence-electron chi connectivity index (χ4n) is 6.27. The summed E-state index contributed by atoms with van der Waals surface area (Å²) in [6.07, 6.45) is 6.98. The summed E-state index contributed by atoms with van der Waals surface area (Å²) >= 11 is 0. The summed E-state index contributed by atoms with van der Waals surface area (Å²) in [6, 6.07) is 9.14. The molecule has 2 saturated heterocycles. The van der Waals surface area contributed by atoms with E-state index in [2.05, 4.69) is 48.3 Å². The molecule has 1 aromatic rings. The molecule has 1 N–H and O–H groups in total. The lowest BCUT2D eigenvalue weighted by Crippen LogP contribution is -2.63. The van der Waals surface area contributed by atoms with Crippen molar-refractivity contribution in [2.24, 2.45) is 11.3 Å². The largest absolute Gasteiger partial charge is 0.351 e. The highest BCUT2D eigenvalue weighted by molar-refractivity contribution is 5.84. The Kier molecular flexibility index (Phi) is 4.12. The van der Waals surface area contributed by atoms with Crippen LogP contribution in [0.5, 0.6) is 0 Å². The lowest BCUT2D eigenvalue weighted by molar-refractivity contribution is -0.153. The van der Waals surface area contributed by atoms with Gasteiger partial charge in [0.25, 0.3) is 0 Å². The number of nitrogens with zero attached hydrogens (tertiary/aromatic N) is 1. The molecule has 2 saturated carbocycles. The molecule has 0 unspecified atom stereocenters. The second-order valence-electron chi connectivity index (χ2n) is 10.4. The van der Waals surface area contributed by atoms with Crippen molar-refractivity contribution < 1.29 is 9.59 Å². The first-order valence-electron chi connectivity index (χ1n) is 11.1. The molecule has 2 heterocycles. The Balaban J connectivity index is 1.16. The van der Waals surface area contributed by atoms with Crippen molar-refractivity contribution in [3.8, 4) is 0 Å². The molecule has 4 nitrogen and oxygen atoms in total. The minimum Gasteiger partial charge on any atom is -0.351 e. The van der Waals surface area contributed by atoms with Gasteiger partial charge < -0.3 is 10.2 Å². The van der Waals surface area contributed by atoms with Crippen LogP contribution in [0.25, 0.3) is 0 Å². The van der Waals surface area contributed by atoms with Crippen molar-refractivity contribution in [3.05, 3.63) is 35.4 Å². The lowest BCUT2D eigenvalue weighted by atomic mass is 9.66. The monoisotopic (exact) mass is 380 g/mol. The van der Waals surface area contributed by atoms with E-state index in [1.54, 1.807) is 0 Å². The molecule has 150 valence electrons. The van der Waals surface area contributed by atoms with Crippen molar-refractivity contribution in [3.63, 3.8) is 0 Å². The van der Waals surface area contributed by atoms with Gasteiger partial charge in [-0.05, 0) is 61.5 Å². The van der Waals surface area contributed by atoms with Crippen LogP contribution in [0, 0.1) is 11.3 Å². The molecular weight excluding hydrogens is 348 g/mol. The quantitative estimate of drug-likeness (QED) is 0.863. The zero-order valence-corrected chi connectivity index (χ0v) is 17.2. The van der Waals surface area contributed by atoms with E-state index in [1.165, 1.54) is 30.4 Å². The Labute approximate surface area is 168 Å². The minimum absolute atomic E-state index is 0.0418. The van der Waals surface area contributed by atoms with Crippen LogP contribution < -0.4 is 5.32 Å². The molecule has 4 heteroatoms. The first kappa shape index (κ1) is 18.2. The third-order valence-corrected chi connectivity index (χ3v) is 7.97. The van der Waals surface area contributed by atoms with Crippen LogP contribution in [-0.2, 0) is 9.59 Å². The summed E-state index contributed by atoms with van der Waals surface area (Å²) in [5.41, 5.74) is 3.24. The number of rotatable bonds is 3. The fourth-order valence-corrected chi connectivity index (χ4v) is 6.27. The number of carbonyl (C=O) groups excluding carboxylic acids is 2. The number of amides is 2. The van der Waals surface area contributed by atoms with E-state index in [9.17, 15) is 9.59 Å². The van der Waals surface area contributed by atoms with Gasteiger partial charge in [0.05, 0.1) is 0 Å². The Bertz CT molecular complexity index is 803. The Morgan fingerprint density at radius 2 is 1.96 bits per heavy atom. The number of nitrogens with one attached hydrogen (secondary N) is 1. The molecule has 0 radical (unpaired) electrons. The number of carbonyl (C=O) groups is 2. The van der Waals surface area contributed by atoms with Gasteiger partial charge in [0.1, 0.15) is 0 Å². The smallest absolute Gasteiger partial charge is 0.225 e. The molecule has 1 atom stereocenters. The zero-order valence-electron chi connectivity index (χ0n) is 17.2. The molecule has 4 aliphatic rings. The van der Waals surface area contributed by atoms with Crippen molar-refractivity contribution in [1.82, 2.24) is 10.2 Å². The fraction of sp³-hybridized carbons (Fsp3) is 0.667. The Morgan fingerprint density at radius 3 is 2.64 bits per heavy atom. The van der Waals surface area contributed by atoms with Crippen molar-refractivity contribution in [2.45, 2.75) is 76.2 Å². The van der Waals surface area contributed by atoms with Crippen LogP contribution >= 0.6 is 0 Å². The van der Waals surface area contributed by atoms with E-state index in [1.807, 2.05) is 0 Å². The van der Waals surface area contributed by atoms with Crippen LogP contribution in [0.3, 0.4) is 0 Å². The lowest BCUT2D eigenvalue weighted by Gasteiger charge is -2.53. The van der Waals surface area contributed by atoms with Crippen LogP contribution in [-0.4, -0.2) is 35.3 Å². The average Bonchev–Trinajstić information content (AvgIpc) is 3.23.